The number of aliphatic carboxylic acids is 2. The van der Waals surface area contributed by atoms with Gasteiger partial charge in [0.2, 0.25) is 10.0 Å². The number of nitrogens with zero attached hydrogens (tertiary/aromatic N) is 3. The first-order chi connectivity index (χ1) is 15.0. The first-order valence-corrected chi connectivity index (χ1v) is 10.5. The van der Waals surface area contributed by atoms with Crippen LogP contribution in [0.5, 0.6) is 0 Å². The number of piperazine rings is 1. The second-order valence-electron chi connectivity index (χ2n) is 6.43. The molecule has 0 atom stereocenters. The van der Waals surface area contributed by atoms with Crippen molar-refractivity contribution in [2.45, 2.75) is 4.90 Å². The zero-order valence-corrected chi connectivity index (χ0v) is 17.3. The van der Waals surface area contributed by atoms with Crippen LogP contribution in [-0.4, -0.2) is 76.8 Å². The first kappa shape index (κ1) is 24.4. The summed E-state index contributed by atoms with van der Waals surface area (Å²) in [5.74, 6) is -3.99. The fraction of sp³-hybridized carbons (Fsp3) is 0.211. The van der Waals surface area contributed by atoms with E-state index in [1.807, 2.05) is 0 Å². The topological polar surface area (TPSA) is 175 Å². The van der Waals surface area contributed by atoms with Gasteiger partial charge in [0.25, 0.3) is 11.6 Å². The number of hydrogen-bond acceptors (Lipinski definition) is 7. The summed E-state index contributed by atoms with van der Waals surface area (Å²) in [6.45, 7) is 0.816. The predicted octanol–water partition coefficient (Wildman–Crippen LogP) is 0.897. The van der Waals surface area contributed by atoms with E-state index in [9.17, 15) is 23.3 Å². The summed E-state index contributed by atoms with van der Waals surface area (Å²) in [7, 11) is -3.59. The van der Waals surface area contributed by atoms with E-state index >= 15 is 0 Å². The first-order valence-electron chi connectivity index (χ1n) is 9.09. The molecule has 2 aromatic rings. The van der Waals surface area contributed by atoms with Gasteiger partial charge in [-0.15, -0.1) is 0 Å². The number of carboxylic acid groups (broad SMARTS) is 2. The smallest absolute Gasteiger partial charge is 0.414 e. The summed E-state index contributed by atoms with van der Waals surface area (Å²) in [6.07, 6.45) is 0. The molecule has 1 aliphatic heterocycles. The van der Waals surface area contributed by atoms with Gasteiger partial charge in [0.05, 0.1) is 9.82 Å². The van der Waals surface area contributed by atoms with Gasteiger partial charge in [-0.05, 0) is 18.2 Å². The highest BCUT2D eigenvalue weighted by atomic mass is 32.2. The molecule has 1 aliphatic rings. The van der Waals surface area contributed by atoms with Gasteiger partial charge in [0.15, 0.2) is 0 Å². The van der Waals surface area contributed by atoms with Gasteiger partial charge in [-0.3, -0.25) is 14.9 Å². The van der Waals surface area contributed by atoms with Gasteiger partial charge in [0.1, 0.15) is 0 Å². The highest BCUT2D eigenvalue weighted by Gasteiger charge is 2.30. The van der Waals surface area contributed by atoms with Crippen molar-refractivity contribution in [3.05, 3.63) is 70.3 Å². The molecule has 1 heterocycles. The van der Waals surface area contributed by atoms with Crippen molar-refractivity contribution in [3.8, 4) is 0 Å². The maximum absolute atomic E-state index is 12.6. The van der Waals surface area contributed by atoms with E-state index in [-0.39, 0.29) is 48.2 Å². The quantitative estimate of drug-likeness (QED) is 0.377. The molecule has 0 spiro atoms. The number of carbonyl (C=O) groups is 3. The molecule has 0 aliphatic carbocycles. The van der Waals surface area contributed by atoms with E-state index in [2.05, 4.69) is 0 Å². The fourth-order valence-corrected chi connectivity index (χ4v) is 4.25. The number of hydrogen-bond donors (Lipinski definition) is 2. The molecule has 2 N–H and O–H groups in total. The van der Waals surface area contributed by atoms with E-state index < -0.39 is 26.9 Å². The Bertz CT molecular complexity index is 1100. The lowest BCUT2D eigenvalue weighted by Crippen LogP contribution is -2.50. The molecule has 170 valence electrons. The van der Waals surface area contributed by atoms with Crippen molar-refractivity contribution >= 4 is 33.6 Å². The summed E-state index contributed by atoms with van der Waals surface area (Å²) < 4.78 is 26.5. The Kier molecular flexibility index (Phi) is 7.98. The van der Waals surface area contributed by atoms with Crippen LogP contribution in [0.4, 0.5) is 5.69 Å². The molecule has 32 heavy (non-hydrogen) atoms. The molecule has 12 nitrogen and oxygen atoms in total. The third kappa shape index (κ3) is 6.09. The molecule has 0 bridgehead atoms. The number of benzene rings is 2. The summed E-state index contributed by atoms with van der Waals surface area (Å²) in [5.41, 5.74) is 0.0692. The molecule has 1 amide bonds. The lowest BCUT2D eigenvalue weighted by molar-refractivity contribution is -0.384. The zero-order valence-electron chi connectivity index (χ0n) is 16.5. The fourth-order valence-electron chi connectivity index (χ4n) is 2.81. The lowest BCUT2D eigenvalue weighted by atomic mass is 10.1. The van der Waals surface area contributed by atoms with Gasteiger partial charge in [-0.2, -0.15) is 4.31 Å². The number of rotatable bonds is 4. The van der Waals surface area contributed by atoms with Crippen molar-refractivity contribution in [2.75, 3.05) is 26.2 Å². The van der Waals surface area contributed by atoms with Crippen molar-refractivity contribution in [1.82, 2.24) is 9.21 Å². The van der Waals surface area contributed by atoms with Crippen LogP contribution in [0.3, 0.4) is 0 Å². The Balaban J connectivity index is 0.000000534. The van der Waals surface area contributed by atoms with Crippen LogP contribution in [0.25, 0.3) is 0 Å². The van der Waals surface area contributed by atoms with Crippen molar-refractivity contribution < 1.29 is 37.9 Å². The minimum atomic E-state index is -3.59. The average Bonchev–Trinajstić information content (AvgIpc) is 2.79. The van der Waals surface area contributed by atoms with Gasteiger partial charge in [-0.1, -0.05) is 24.3 Å². The highest BCUT2D eigenvalue weighted by Crippen LogP contribution is 2.19. The Morgan fingerprint density at radius 1 is 0.875 bits per heavy atom. The number of amides is 1. The molecular weight excluding hydrogens is 446 g/mol. The molecule has 13 heteroatoms. The summed E-state index contributed by atoms with van der Waals surface area (Å²) in [5, 5.41) is 25.6. The Morgan fingerprint density at radius 2 is 1.44 bits per heavy atom. The Hall–Kier alpha value is -3.84. The number of carboxylic acids is 2. The van der Waals surface area contributed by atoms with Crippen LogP contribution in [0.1, 0.15) is 10.4 Å². The van der Waals surface area contributed by atoms with Gasteiger partial charge >= 0.3 is 11.9 Å². The second-order valence-corrected chi connectivity index (χ2v) is 8.37. The highest BCUT2D eigenvalue weighted by molar-refractivity contribution is 7.89. The average molecular weight is 465 g/mol. The van der Waals surface area contributed by atoms with Crippen molar-refractivity contribution in [2.24, 2.45) is 0 Å². The maximum atomic E-state index is 12.6. The molecule has 1 fully saturated rings. The van der Waals surface area contributed by atoms with Gasteiger partial charge in [0, 0.05) is 43.9 Å². The second kappa shape index (κ2) is 10.5. The number of carbonyl (C=O) groups excluding carboxylic acids is 1. The molecular formula is C19H19N3O9S. The Labute approximate surface area is 182 Å². The largest absolute Gasteiger partial charge is 0.473 e. The normalized spacial score (nSPS) is 14.1. The number of nitro benzene ring substituents is 1. The van der Waals surface area contributed by atoms with E-state index in [1.54, 1.807) is 18.2 Å². The lowest BCUT2D eigenvalue weighted by Gasteiger charge is -2.34. The molecule has 0 aromatic heterocycles. The van der Waals surface area contributed by atoms with Crippen LogP contribution in [0, 0.1) is 10.1 Å². The van der Waals surface area contributed by atoms with Crippen LogP contribution < -0.4 is 0 Å². The molecule has 3 rings (SSSR count). The maximum Gasteiger partial charge on any atom is 0.414 e. The molecule has 0 saturated carbocycles. The van der Waals surface area contributed by atoms with E-state index in [0.717, 1.165) is 0 Å². The number of nitro groups is 1. The zero-order chi connectivity index (χ0) is 23.9. The third-order valence-electron chi connectivity index (χ3n) is 4.39. The predicted molar refractivity (Wildman–Crippen MR) is 109 cm³/mol. The minimum absolute atomic E-state index is 0.152. The van der Waals surface area contributed by atoms with Crippen LogP contribution >= 0.6 is 0 Å². The Morgan fingerprint density at radius 3 is 1.94 bits per heavy atom. The summed E-state index contributed by atoms with van der Waals surface area (Å²) in [6, 6.07) is 13.7. The van der Waals surface area contributed by atoms with Crippen molar-refractivity contribution in [3.63, 3.8) is 0 Å². The number of sulfonamides is 1. The standard InChI is InChI=1S/C17H17N3O5S.C2H2O4/c21-17(14-5-4-6-15(13-14)20(22)23)18-9-11-19(12-10-18)26(24,25)16-7-2-1-3-8-16;3-1(4)2(5)6/h1-8,13H,9-12H2;(H,3,4)(H,5,6). The van der Waals surface area contributed by atoms with Crippen LogP contribution in [-0.2, 0) is 19.6 Å². The van der Waals surface area contributed by atoms with Crippen LogP contribution in [0.2, 0.25) is 0 Å². The molecule has 2 aromatic carbocycles. The number of non-ortho nitro benzene ring substituents is 1. The molecule has 1 saturated heterocycles. The molecule has 0 unspecified atom stereocenters. The van der Waals surface area contributed by atoms with Gasteiger partial charge in [-0.25, -0.2) is 18.0 Å². The molecule has 0 radical (unpaired) electrons. The SMILES string of the molecule is O=C(O)C(=O)O.O=C(c1cccc([N+](=O)[O-])c1)N1CCN(S(=O)(=O)c2ccccc2)CC1. The third-order valence-corrected chi connectivity index (χ3v) is 6.31. The van der Waals surface area contributed by atoms with E-state index in [4.69, 9.17) is 19.8 Å². The van der Waals surface area contributed by atoms with Gasteiger partial charge < -0.3 is 15.1 Å². The van der Waals surface area contributed by atoms with E-state index in [0.29, 0.717) is 0 Å². The summed E-state index contributed by atoms with van der Waals surface area (Å²) in [4.78, 5) is 42.8. The minimum Gasteiger partial charge on any atom is -0.473 e. The summed E-state index contributed by atoms with van der Waals surface area (Å²) >= 11 is 0. The van der Waals surface area contributed by atoms with Crippen molar-refractivity contribution in [1.29, 1.82) is 0 Å². The monoisotopic (exact) mass is 465 g/mol. The van der Waals surface area contributed by atoms with E-state index in [1.165, 1.54) is 45.6 Å². The van der Waals surface area contributed by atoms with Crippen LogP contribution in [0.15, 0.2) is 59.5 Å².